The lowest BCUT2D eigenvalue weighted by Crippen LogP contribution is -2.08. The van der Waals surface area contributed by atoms with Gasteiger partial charge in [0.25, 0.3) is 0 Å². The van der Waals surface area contributed by atoms with E-state index in [0.717, 1.165) is 10.9 Å². The second-order valence-electron chi connectivity index (χ2n) is 4.41. The number of hydrogen-bond acceptors (Lipinski definition) is 4. The number of nitrogens with zero attached hydrogens (tertiary/aromatic N) is 2. The molecule has 2 aromatic rings. The molecule has 0 fully saturated rings. The molecule has 0 N–H and O–H groups in total. The smallest absolute Gasteiger partial charge is 0.128 e. The minimum absolute atomic E-state index is 0.825. The van der Waals surface area contributed by atoms with Crippen LogP contribution in [0.5, 0.6) is 0 Å². The Balaban J connectivity index is 2.26. The minimum atomic E-state index is 0.825. The van der Waals surface area contributed by atoms with Crippen molar-refractivity contribution in [3.8, 4) is 0 Å². The predicted octanol–water partition coefficient (Wildman–Crippen LogP) is 3.54. The van der Waals surface area contributed by atoms with E-state index in [-0.39, 0.29) is 0 Å². The van der Waals surface area contributed by atoms with Crippen LogP contribution in [0.3, 0.4) is 0 Å². The summed E-state index contributed by atoms with van der Waals surface area (Å²) in [6.07, 6.45) is 7.53. The third kappa shape index (κ3) is 1.55. The summed E-state index contributed by atoms with van der Waals surface area (Å²) in [6.45, 7) is 2.34. The largest absolute Gasteiger partial charge is 0.229 e. The first kappa shape index (κ1) is 10.5. The van der Waals surface area contributed by atoms with Crippen molar-refractivity contribution in [2.75, 3.05) is 6.26 Å². The van der Waals surface area contributed by atoms with E-state index in [1.807, 2.05) is 11.3 Å². The molecule has 2 aromatic heterocycles. The number of aryl methyl sites for hydroxylation is 1. The van der Waals surface area contributed by atoms with Crippen LogP contribution < -0.4 is 0 Å². The third-order valence-electron chi connectivity index (χ3n) is 3.25. The van der Waals surface area contributed by atoms with Crippen LogP contribution >= 0.6 is 23.1 Å². The predicted molar refractivity (Wildman–Crippen MR) is 70.4 cm³/mol. The van der Waals surface area contributed by atoms with E-state index in [0.29, 0.717) is 0 Å². The zero-order valence-corrected chi connectivity index (χ0v) is 11.1. The maximum atomic E-state index is 4.41. The summed E-state index contributed by atoms with van der Waals surface area (Å²) < 4.78 is 0. The number of aromatic nitrogens is 2. The Morgan fingerprint density at radius 3 is 3.12 bits per heavy atom. The normalized spacial score (nSPS) is 20.0. The van der Waals surface area contributed by atoms with Crippen LogP contribution in [-0.4, -0.2) is 16.2 Å². The van der Waals surface area contributed by atoms with E-state index in [1.165, 1.54) is 35.0 Å². The molecule has 2 heterocycles. The van der Waals surface area contributed by atoms with Crippen LogP contribution in [0, 0.1) is 5.92 Å². The van der Waals surface area contributed by atoms with Crippen molar-refractivity contribution in [1.82, 2.24) is 9.97 Å². The van der Waals surface area contributed by atoms with Gasteiger partial charge in [0.15, 0.2) is 0 Å². The van der Waals surface area contributed by atoms with E-state index in [4.69, 9.17) is 0 Å². The average Bonchev–Trinajstić information content (AvgIpc) is 2.65. The second kappa shape index (κ2) is 4.00. The third-order valence-corrected chi connectivity index (χ3v) is 5.11. The highest BCUT2D eigenvalue weighted by Gasteiger charge is 2.22. The number of thiophene rings is 1. The second-order valence-corrected chi connectivity index (χ2v) is 6.29. The Labute approximate surface area is 103 Å². The highest BCUT2D eigenvalue weighted by Crippen LogP contribution is 2.39. The molecule has 0 aromatic carbocycles. The molecule has 3 rings (SSSR count). The summed E-state index contributed by atoms with van der Waals surface area (Å²) in [5.41, 5.74) is 1.53. The van der Waals surface area contributed by atoms with E-state index in [1.54, 1.807) is 23.0 Å². The molecular weight excluding hydrogens is 236 g/mol. The Hall–Kier alpha value is -0.610. The molecule has 0 radical (unpaired) electrons. The molecule has 0 spiro atoms. The number of rotatable bonds is 1. The van der Waals surface area contributed by atoms with Crippen molar-refractivity contribution in [2.45, 2.75) is 31.2 Å². The number of thioether (sulfide) groups is 1. The fraction of sp³-hybridized carbons (Fsp3) is 0.500. The number of fused-ring (bicyclic) bond motifs is 3. The Morgan fingerprint density at radius 2 is 2.31 bits per heavy atom. The van der Waals surface area contributed by atoms with E-state index in [2.05, 4.69) is 23.1 Å². The molecule has 1 aliphatic rings. The van der Waals surface area contributed by atoms with Crippen LogP contribution in [-0.2, 0) is 12.8 Å². The first-order valence-corrected chi connectivity index (χ1v) is 7.63. The van der Waals surface area contributed by atoms with Gasteiger partial charge >= 0.3 is 0 Å². The van der Waals surface area contributed by atoms with Crippen LogP contribution in [0.1, 0.15) is 23.8 Å². The van der Waals surface area contributed by atoms with Gasteiger partial charge in [0.05, 0.1) is 0 Å². The van der Waals surface area contributed by atoms with Crippen molar-refractivity contribution in [3.63, 3.8) is 0 Å². The first-order valence-electron chi connectivity index (χ1n) is 5.59. The van der Waals surface area contributed by atoms with Gasteiger partial charge in [-0.3, -0.25) is 0 Å². The molecule has 1 aliphatic carbocycles. The van der Waals surface area contributed by atoms with Gasteiger partial charge in [-0.15, -0.1) is 23.1 Å². The molecule has 4 heteroatoms. The Kier molecular flexibility index (Phi) is 2.64. The SMILES string of the molecule is CSc1ncnc2sc3c(c12)CC[C@H](C)C3. The molecule has 0 bridgehead atoms. The van der Waals surface area contributed by atoms with Gasteiger partial charge < -0.3 is 0 Å². The summed E-state index contributed by atoms with van der Waals surface area (Å²) >= 11 is 3.60. The molecule has 0 aliphatic heterocycles. The molecular formula is C12H14N2S2. The average molecular weight is 250 g/mol. The van der Waals surface area contributed by atoms with Crippen LogP contribution in [0.2, 0.25) is 0 Å². The fourth-order valence-electron chi connectivity index (χ4n) is 2.40. The molecule has 0 amide bonds. The Bertz CT molecular complexity index is 533. The van der Waals surface area contributed by atoms with Gasteiger partial charge in [0.2, 0.25) is 0 Å². The lowest BCUT2D eigenvalue weighted by molar-refractivity contribution is 0.509. The zero-order chi connectivity index (χ0) is 11.1. The summed E-state index contributed by atoms with van der Waals surface area (Å²) in [6, 6.07) is 0. The van der Waals surface area contributed by atoms with Gasteiger partial charge in [0, 0.05) is 10.3 Å². The topological polar surface area (TPSA) is 25.8 Å². The zero-order valence-electron chi connectivity index (χ0n) is 9.49. The molecule has 0 unspecified atom stereocenters. The summed E-state index contributed by atoms with van der Waals surface area (Å²) in [7, 11) is 0. The first-order chi connectivity index (χ1) is 7.79. The van der Waals surface area contributed by atoms with Crippen LogP contribution in [0.25, 0.3) is 10.2 Å². The molecule has 0 saturated heterocycles. The van der Waals surface area contributed by atoms with Crippen molar-refractivity contribution >= 4 is 33.3 Å². The maximum absolute atomic E-state index is 4.41. The van der Waals surface area contributed by atoms with Crippen molar-refractivity contribution in [2.24, 2.45) is 5.92 Å². The molecule has 0 saturated carbocycles. The molecule has 2 nitrogen and oxygen atoms in total. The van der Waals surface area contributed by atoms with Crippen LogP contribution in [0.4, 0.5) is 0 Å². The molecule has 1 atom stereocenters. The van der Waals surface area contributed by atoms with Gasteiger partial charge in [0.1, 0.15) is 16.2 Å². The van der Waals surface area contributed by atoms with Gasteiger partial charge in [-0.05, 0) is 37.0 Å². The Morgan fingerprint density at radius 1 is 1.44 bits per heavy atom. The van der Waals surface area contributed by atoms with Gasteiger partial charge in [-0.1, -0.05) is 6.92 Å². The standard InChI is InChI=1S/C12H14N2S2/c1-7-3-4-8-9(5-7)16-12-10(8)11(15-2)13-6-14-12/h6-7H,3-5H2,1-2H3/t7-/m0/s1. The minimum Gasteiger partial charge on any atom is -0.229 e. The highest BCUT2D eigenvalue weighted by molar-refractivity contribution is 7.98. The lowest BCUT2D eigenvalue weighted by Gasteiger charge is -2.17. The van der Waals surface area contributed by atoms with E-state index >= 15 is 0 Å². The van der Waals surface area contributed by atoms with E-state index < -0.39 is 0 Å². The molecule has 16 heavy (non-hydrogen) atoms. The van der Waals surface area contributed by atoms with Crippen molar-refractivity contribution in [3.05, 3.63) is 16.8 Å². The van der Waals surface area contributed by atoms with Crippen molar-refractivity contribution < 1.29 is 0 Å². The maximum Gasteiger partial charge on any atom is 0.128 e. The summed E-state index contributed by atoms with van der Waals surface area (Å²) in [5, 5.41) is 2.49. The monoisotopic (exact) mass is 250 g/mol. The molecule has 84 valence electrons. The quantitative estimate of drug-likeness (QED) is 0.572. The number of hydrogen-bond donors (Lipinski definition) is 0. The summed E-state index contributed by atoms with van der Waals surface area (Å²) in [5.74, 6) is 0.825. The lowest BCUT2D eigenvalue weighted by atomic mass is 9.89. The summed E-state index contributed by atoms with van der Waals surface area (Å²) in [4.78, 5) is 11.5. The van der Waals surface area contributed by atoms with Gasteiger partial charge in [-0.2, -0.15) is 0 Å². The van der Waals surface area contributed by atoms with Gasteiger partial charge in [-0.25, -0.2) is 9.97 Å². The fourth-order valence-corrected chi connectivity index (χ4v) is 4.39. The highest BCUT2D eigenvalue weighted by atomic mass is 32.2. The van der Waals surface area contributed by atoms with Crippen molar-refractivity contribution in [1.29, 1.82) is 0 Å². The van der Waals surface area contributed by atoms with E-state index in [9.17, 15) is 0 Å². The van der Waals surface area contributed by atoms with Crippen LogP contribution in [0.15, 0.2) is 11.4 Å².